The Morgan fingerprint density at radius 1 is 1.20 bits per heavy atom. The molecule has 2 rings (SSSR count). The molecule has 0 radical (unpaired) electrons. The van der Waals surface area contributed by atoms with E-state index in [0.717, 1.165) is 23.3 Å². The van der Waals surface area contributed by atoms with E-state index in [9.17, 15) is 4.79 Å². The topological polar surface area (TPSA) is 38.3 Å². The van der Waals surface area contributed by atoms with Crippen molar-refractivity contribution in [2.24, 2.45) is 5.92 Å². The first-order chi connectivity index (χ1) is 12.0. The van der Waals surface area contributed by atoms with Crippen molar-refractivity contribution < 1.29 is 9.53 Å². The number of hydrogen-bond acceptors (Lipinski definition) is 2. The van der Waals surface area contributed by atoms with Crippen LogP contribution in [0.25, 0.3) is 0 Å². The minimum Gasteiger partial charge on any atom is -0.496 e. The van der Waals surface area contributed by atoms with Crippen molar-refractivity contribution in [2.45, 2.75) is 32.7 Å². The summed E-state index contributed by atoms with van der Waals surface area (Å²) in [6, 6.07) is 15.6. The summed E-state index contributed by atoms with van der Waals surface area (Å²) in [5.74, 6) is 1.19. The lowest BCUT2D eigenvalue weighted by atomic mass is 9.96. The van der Waals surface area contributed by atoms with E-state index in [1.54, 1.807) is 13.2 Å². The van der Waals surface area contributed by atoms with Crippen LogP contribution in [0.3, 0.4) is 0 Å². The highest BCUT2D eigenvalue weighted by Crippen LogP contribution is 2.24. The van der Waals surface area contributed by atoms with Crippen molar-refractivity contribution in [3.05, 3.63) is 77.9 Å². The van der Waals surface area contributed by atoms with Crippen molar-refractivity contribution in [3.8, 4) is 5.75 Å². The number of hydrogen-bond donors (Lipinski definition) is 1. The van der Waals surface area contributed by atoms with E-state index in [-0.39, 0.29) is 11.9 Å². The first-order valence-corrected chi connectivity index (χ1v) is 8.68. The van der Waals surface area contributed by atoms with Crippen LogP contribution < -0.4 is 10.1 Å². The van der Waals surface area contributed by atoms with Crippen LogP contribution in [0, 0.1) is 5.92 Å². The maximum absolute atomic E-state index is 12.8. The number of allylic oxidation sites excluding steroid dienone is 1. The molecular formula is C22H27NO2. The van der Waals surface area contributed by atoms with Crippen molar-refractivity contribution >= 4 is 5.91 Å². The fourth-order valence-corrected chi connectivity index (χ4v) is 2.91. The number of carbonyl (C=O) groups excluding carboxylic acids is 1. The van der Waals surface area contributed by atoms with Gasteiger partial charge in [-0.3, -0.25) is 4.79 Å². The molecule has 0 aliphatic heterocycles. The Morgan fingerprint density at radius 2 is 1.92 bits per heavy atom. The molecule has 1 amide bonds. The van der Waals surface area contributed by atoms with Gasteiger partial charge < -0.3 is 10.1 Å². The van der Waals surface area contributed by atoms with E-state index in [4.69, 9.17) is 4.74 Å². The van der Waals surface area contributed by atoms with E-state index in [2.05, 4.69) is 37.9 Å². The molecule has 0 bridgehead atoms. The number of methoxy groups -OCH3 is 1. The van der Waals surface area contributed by atoms with Gasteiger partial charge in [-0.05, 0) is 48.1 Å². The first-order valence-electron chi connectivity index (χ1n) is 8.68. The van der Waals surface area contributed by atoms with Crippen LogP contribution in [-0.2, 0) is 6.42 Å². The SMILES string of the molecule is C=CCc1cc(C(=O)N[C@H](CC(C)C)c2ccccc2)ccc1OC. The largest absolute Gasteiger partial charge is 0.496 e. The summed E-state index contributed by atoms with van der Waals surface area (Å²) in [5.41, 5.74) is 2.73. The molecule has 0 fully saturated rings. The van der Waals surface area contributed by atoms with Crippen molar-refractivity contribution in [1.82, 2.24) is 5.32 Å². The number of carbonyl (C=O) groups is 1. The van der Waals surface area contributed by atoms with Crippen LogP contribution in [0.1, 0.15) is 47.8 Å². The van der Waals surface area contributed by atoms with Gasteiger partial charge in [0, 0.05) is 5.56 Å². The van der Waals surface area contributed by atoms with E-state index < -0.39 is 0 Å². The smallest absolute Gasteiger partial charge is 0.251 e. The molecular weight excluding hydrogens is 310 g/mol. The third-order valence-corrected chi connectivity index (χ3v) is 4.12. The number of ether oxygens (including phenoxy) is 1. The van der Waals surface area contributed by atoms with Crippen molar-refractivity contribution in [3.63, 3.8) is 0 Å². The summed E-state index contributed by atoms with van der Waals surface area (Å²) in [6.45, 7) is 8.10. The minimum atomic E-state index is -0.0672. The number of rotatable bonds is 8. The molecule has 3 nitrogen and oxygen atoms in total. The minimum absolute atomic E-state index is 0.00124. The predicted molar refractivity (Wildman–Crippen MR) is 103 cm³/mol. The van der Waals surface area contributed by atoms with Gasteiger partial charge in [0.25, 0.3) is 5.91 Å². The molecule has 2 aromatic carbocycles. The highest BCUT2D eigenvalue weighted by atomic mass is 16.5. The van der Waals surface area contributed by atoms with Gasteiger partial charge in [0.2, 0.25) is 0 Å². The fraction of sp³-hybridized carbons (Fsp3) is 0.318. The second-order valence-corrected chi connectivity index (χ2v) is 6.59. The molecule has 25 heavy (non-hydrogen) atoms. The molecule has 0 saturated carbocycles. The number of benzene rings is 2. The summed E-state index contributed by atoms with van der Waals surface area (Å²) in [4.78, 5) is 12.8. The lowest BCUT2D eigenvalue weighted by molar-refractivity contribution is 0.0932. The third kappa shape index (κ3) is 5.21. The van der Waals surface area contributed by atoms with Gasteiger partial charge in [-0.2, -0.15) is 0 Å². The lowest BCUT2D eigenvalue weighted by Gasteiger charge is -2.21. The molecule has 3 heteroatoms. The fourth-order valence-electron chi connectivity index (χ4n) is 2.91. The monoisotopic (exact) mass is 337 g/mol. The van der Waals surface area contributed by atoms with E-state index in [0.29, 0.717) is 17.9 Å². The Bertz CT molecular complexity index is 707. The molecule has 0 aliphatic rings. The Kier molecular flexibility index (Phi) is 6.81. The Morgan fingerprint density at radius 3 is 2.52 bits per heavy atom. The molecule has 0 saturated heterocycles. The van der Waals surface area contributed by atoms with Crippen LogP contribution >= 0.6 is 0 Å². The molecule has 1 N–H and O–H groups in total. The van der Waals surface area contributed by atoms with E-state index in [1.807, 2.05) is 36.4 Å². The first kappa shape index (κ1) is 18.8. The summed E-state index contributed by atoms with van der Waals surface area (Å²) < 4.78 is 5.36. The third-order valence-electron chi connectivity index (χ3n) is 4.12. The molecule has 0 spiro atoms. The standard InChI is InChI=1S/C22H27NO2/c1-5-9-18-15-19(12-13-21(18)25-4)22(24)23-20(14-16(2)3)17-10-7-6-8-11-17/h5-8,10-13,15-16,20H,1,9,14H2,2-4H3,(H,23,24)/t20-/m1/s1. The molecule has 0 aliphatic carbocycles. The van der Waals surface area contributed by atoms with Gasteiger partial charge in [-0.1, -0.05) is 50.3 Å². The average molecular weight is 337 g/mol. The van der Waals surface area contributed by atoms with Crippen LogP contribution in [0.2, 0.25) is 0 Å². The zero-order valence-corrected chi connectivity index (χ0v) is 15.3. The Labute approximate surface area is 150 Å². The van der Waals surface area contributed by atoms with Crippen LogP contribution in [0.15, 0.2) is 61.2 Å². The second kappa shape index (κ2) is 9.07. The summed E-state index contributed by atoms with van der Waals surface area (Å²) in [5, 5.41) is 3.18. The lowest BCUT2D eigenvalue weighted by Crippen LogP contribution is -2.29. The zero-order valence-electron chi connectivity index (χ0n) is 15.3. The van der Waals surface area contributed by atoms with Gasteiger partial charge >= 0.3 is 0 Å². The van der Waals surface area contributed by atoms with Gasteiger partial charge in [0.1, 0.15) is 5.75 Å². The van der Waals surface area contributed by atoms with Crippen LogP contribution in [0.4, 0.5) is 0 Å². The quantitative estimate of drug-likeness (QED) is 0.693. The average Bonchev–Trinajstić information content (AvgIpc) is 2.61. The van der Waals surface area contributed by atoms with E-state index in [1.165, 1.54) is 0 Å². The van der Waals surface area contributed by atoms with Gasteiger partial charge in [-0.25, -0.2) is 0 Å². The molecule has 1 atom stereocenters. The zero-order chi connectivity index (χ0) is 18.2. The van der Waals surface area contributed by atoms with Crippen LogP contribution in [-0.4, -0.2) is 13.0 Å². The maximum atomic E-state index is 12.8. The van der Waals surface area contributed by atoms with Crippen molar-refractivity contribution in [1.29, 1.82) is 0 Å². The van der Waals surface area contributed by atoms with E-state index >= 15 is 0 Å². The van der Waals surface area contributed by atoms with Gasteiger partial charge in [-0.15, -0.1) is 6.58 Å². The predicted octanol–water partition coefficient (Wildman–Crippen LogP) is 4.94. The number of amides is 1. The van der Waals surface area contributed by atoms with Gasteiger partial charge in [0.15, 0.2) is 0 Å². The summed E-state index contributed by atoms with van der Waals surface area (Å²) in [6.07, 6.45) is 3.37. The Balaban J connectivity index is 2.23. The summed E-state index contributed by atoms with van der Waals surface area (Å²) in [7, 11) is 1.63. The highest BCUT2D eigenvalue weighted by Gasteiger charge is 2.18. The molecule has 132 valence electrons. The molecule has 0 aromatic heterocycles. The van der Waals surface area contributed by atoms with Gasteiger partial charge in [0.05, 0.1) is 13.2 Å². The van der Waals surface area contributed by atoms with Crippen LogP contribution in [0.5, 0.6) is 5.75 Å². The Hall–Kier alpha value is -2.55. The summed E-state index contributed by atoms with van der Waals surface area (Å²) >= 11 is 0. The molecule has 0 unspecified atom stereocenters. The normalized spacial score (nSPS) is 11.8. The van der Waals surface area contributed by atoms with Crippen molar-refractivity contribution in [2.75, 3.05) is 7.11 Å². The second-order valence-electron chi connectivity index (χ2n) is 6.59. The molecule has 2 aromatic rings. The molecule has 0 heterocycles. The number of nitrogens with one attached hydrogen (secondary N) is 1. The maximum Gasteiger partial charge on any atom is 0.251 e. The highest BCUT2D eigenvalue weighted by molar-refractivity contribution is 5.94.